The molecule has 0 amide bonds. The summed E-state index contributed by atoms with van der Waals surface area (Å²) in [5, 5.41) is 10.3. The average Bonchev–Trinajstić information content (AvgIpc) is 3.55. The number of pyridine rings is 1. The largest absolute Gasteiger partial charge is 0.490 e. The van der Waals surface area contributed by atoms with Crippen molar-refractivity contribution in [1.29, 1.82) is 0 Å². The Balaban J connectivity index is 0.000000374. The zero-order valence-electron chi connectivity index (χ0n) is 19.0. The third kappa shape index (κ3) is 4.83. The molecule has 0 radical (unpaired) electrons. The Kier molecular flexibility index (Phi) is 6.36. The summed E-state index contributed by atoms with van der Waals surface area (Å²) in [6, 6.07) is 14.3. The number of carboxylic acids is 1. The van der Waals surface area contributed by atoms with Gasteiger partial charge in [-0.1, -0.05) is 11.8 Å². The van der Waals surface area contributed by atoms with Crippen LogP contribution in [0.2, 0.25) is 0 Å². The molecule has 0 aliphatic rings. The number of imidazole rings is 2. The Hall–Kier alpha value is -4.65. The third-order valence-corrected chi connectivity index (χ3v) is 6.41. The van der Waals surface area contributed by atoms with E-state index in [0.717, 1.165) is 21.5 Å². The van der Waals surface area contributed by atoms with Gasteiger partial charge in [0.1, 0.15) is 5.82 Å². The predicted octanol–water partition coefficient (Wildman–Crippen LogP) is 5.67. The topological polar surface area (TPSA) is 117 Å². The minimum atomic E-state index is -5.08. The summed E-state index contributed by atoms with van der Waals surface area (Å²) >= 11 is 1.49. The van der Waals surface area contributed by atoms with Gasteiger partial charge in [-0.3, -0.25) is 4.79 Å². The van der Waals surface area contributed by atoms with Crippen LogP contribution < -0.4 is 5.56 Å². The highest BCUT2D eigenvalue weighted by Gasteiger charge is 2.38. The number of nitrogens with zero attached hydrogens (tertiary/aromatic N) is 3. The SMILES string of the molecule is O=C(O)C(F)(F)F.O=c1[nH]ccc2c3nc(Sc4ccc(-n5ccnc5)cc4)[nH]c3c3ccc(F)cc3c12. The monoisotopic (exact) mass is 541 g/mol. The quantitative estimate of drug-likeness (QED) is 0.197. The second-order valence-electron chi connectivity index (χ2n) is 7.92. The summed E-state index contributed by atoms with van der Waals surface area (Å²) in [6.45, 7) is 0. The molecule has 0 saturated heterocycles. The van der Waals surface area contributed by atoms with E-state index < -0.39 is 12.1 Å². The zero-order valence-corrected chi connectivity index (χ0v) is 19.8. The summed E-state index contributed by atoms with van der Waals surface area (Å²) < 4.78 is 47.6. The van der Waals surface area contributed by atoms with Crippen LogP contribution in [0.4, 0.5) is 17.6 Å². The fraction of sp³-hybridized carbons (Fsp3) is 0.0400. The molecule has 13 heteroatoms. The molecule has 3 heterocycles. The number of hydrogen-bond acceptors (Lipinski definition) is 5. The highest BCUT2D eigenvalue weighted by atomic mass is 32.2. The molecule has 3 aromatic heterocycles. The van der Waals surface area contributed by atoms with Crippen molar-refractivity contribution >= 4 is 50.3 Å². The van der Waals surface area contributed by atoms with E-state index in [0.29, 0.717) is 26.8 Å². The molecule has 6 aromatic rings. The van der Waals surface area contributed by atoms with E-state index in [9.17, 15) is 22.4 Å². The number of carboxylic acid groups (broad SMARTS) is 1. The fourth-order valence-corrected chi connectivity index (χ4v) is 4.67. The molecule has 38 heavy (non-hydrogen) atoms. The van der Waals surface area contributed by atoms with Crippen molar-refractivity contribution in [3.63, 3.8) is 0 Å². The molecule has 3 N–H and O–H groups in total. The molecule has 0 bridgehead atoms. The number of aromatic nitrogens is 5. The number of fused-ring (bicyclic) bond motifs is 6. The number of H-pyrrole nitrogens is 2. The van der Waals surface area contributed by atoms with Gasteiger partial charge < -0.3 is 19.6 Å². The maximum Gasteiger partial charge on any atom is 0.490 e. The van der Waals surface area contributed by atoms with Gasteiger partial charge in [0.05, 0.1) is 22.7 Å². The van der Waals surface area contributed by atoms with Crippen molar-refractivity contribution in [2.24, 2.45) is 0 Å². The van der Waals surface area contributed by atoms with Crippen LogP contribution in [0.5, 0.6) is 0 Å². The van der Waals surface area contributed by atoms with Crippen molar-refractivity contribution < 1.29 is 27.5 Å². The Morgan fingerprint density at radius 3 is 2.42 bits per heavy atom. The van der Waals surface area contributed by atoms with Gasteiger partial charge >= 0.3 is 12.1 Å². The standard InChI is InChI=1S/C23H14FN5OS.C2HF3O2/c24-13-1-6-16-18(11-13)19-17(7-8-26-22(19)30)21-20(16)27-23(28-21)31-15-4-2-14(3-5-15)29-10-9-25-12-29;3-2(4,5)1(6)7/h1-12H,(H,26,30)(H,27,28);(H,6,7). The molecule has 0 aliphatic carbocycles. The van der Waals surface area contributed by atoms with Gasteiger partial charge in [-0.25, -0.2) is 19.2 Å². The van der Waals surface area contributed by atoms with Gasteiger partial charge in [-0.15, -0.1) is 0 Å². The van der Waals surface area contributed by atoms with Gasteiger partial charge in [0.2, 0.25) is 0 Å². The van der Waals surface area contributed by atoms with Crippen molar-refractivity contribution in [3.8, 4) is 5.69 Å². The first-order valence-corrected chi connectivity index (χ1v) is 11.6. The smallest absolute Gasteiger partial charge is 0.475 e. The second-order valence-corrected chi connectivity index (χ2v) is 8.98. The summed E-state index contributed by atoms with van der Waals surface area (Å²) in [6.07, 6.45) is 1.89. The van der Waals surface area contributed by atoms with Crippen LogP contribution in [-0.2, 0) is 4.79 Å². The molecule has 0 fully saturated rings. The van der Waals surface area contributed by atoms with Gasteiger partial charge in [-0.05, 0) is 48.5 Å². The molecule has 0 aliphatic heterocycles. The van der Waals surface area contributed by atoms with E-state index in [4.69, 9.17) is 14.9 Å². The van der Waals surface area contributed by atoms with Gasteiger partial charge in [0.15, 0.2) is 5.16 Å². The lowest BCUT2D eigenvalue weighted by Gasteiger charge is -2.05. The highest BCUT2D eigenvalue weighted by Crippen LogP contribution is 2.35. The first-order chi connectivity index (χ1) is 18.1. The number of alkyl halides is 3. The fourth-order valence-electron chi connectivity index (χ4n) is 3.88. The molecule has 8 nitrogen and oxygen atoms in total. The molecular weight excluding hydrogens is 526 g/mol. The number of carbonyl (C=O) groups is 1. The van der Waals surface area contributed by atoms with E-state index in [2.05, 4.69) is 15.0 Å². The van der Waals surface area contributed by atoms with Crippen LogP contribution in [0, 0.1) is 5.82 Å². The summed E-state index contributed by atoms with van der Waals surface area (Å²) in [5.41, 5.74) is 2.23. The maximum atomic E-state index is 14.0. The van der Waals surface area contributed by atoms with Crippen LogP contribution in [0.3, 0.4) is 0 Å². The van der Waals surface area contributed by atoms with E-state index in [1.54, 1.807) is 30.9 Å². The predicted molar refractivity (Wildman–Crippen MR) is 133 cm³/mol. The number of hydrogen-bond donors (Lipinski definition) is 3. The van der Waals surface area contributed by atoms with Crippen LogP contribution >= 0.6 is 11.8 Å². The first kappa shape index (κ1) is 25.0. The minimum absolute atomic E-state index is 0.262. The third-order valence-electron chi connectivity index (χ3n) is 5.51. The average molecular weight is 541 g/mol. The van der Waals surface area contributed by atoms with Crippen molar-refractivity contribution in [2.75, 3.05) is 0 Å². The molecule has 0 atom stereocenters. The van der Waals surface area contributed by atoms with Gasteiger partial charge in [0, 0.05) is 45.3 Å². The van der Waals surface area contributed by atoms with E-state index in [1.807, 2.05) is 35.0 Å². The van der Waals surface area contributed by atoms with E-state index in [1.165, 1.54) is 23.9 Å². The Labute approximate surface area is 214 Å². The Morgan fingerprint density at radius 1 is 1.03 bits per heavy atom. The first-order valence-electron chi connectivity index (χ1n) is 10.8. The van der Waals surface area contributed by atoms with E-state index >= 15 is 0 Å². The Bertz CT molecular complexity index is 1850. The highest BCUT2D eigenvalue weighted by molar-refractivity contribution is 7.99. The molecule has 0 unspecified atom stereocenters. The lowest BCUT2D eigenvalue weighted by molar-refractivity contribution is -0.192. The normalized spacial score (nSPS) is 11.6. The number of halogens is 4. The molecule has 6 rings (SSSR count). The lowest BCUT2D eigenvalue weighted by atomic mass is 10.0. The number of aliphatic carboxylic acids is 1. The van der Waals surface area contributed by atoms with Crippen LogP contribution in [0.1, 0.15) is 0 Å². The van der Waals surface area contributed by atoms with E-state index in [-0.39, 0.29) is 11.4 Å². The molecule has 0 saturated carbocycles. The number of nitrogens with one attached hydrogen (secondary N) is 2. The van der Waals surface area contributed by atoms with Crippen LogP contribution in [0.25, 0.3) is 38.3 Å². The van der Waals surface area contributed by atoms with Crippen molar-refractivity contribution in [2.45, 2.75) is 16.2 Å². The maximum absolute atomic E-state index is 14.0. The van der Waals surface area contributed by atoms with Gasteiger partial charge in [0.25, 0.3) is 5.56 Å². The van der Waals surface area contributed by atoms with Crippen molar-refractivity contribution in [1.82, 2.24) is 24.5 Å². The summed E-state index contributed by atoms with van der Waals surface area (Å²) in [7, 11) is 0. The lowest BCUT2D eigenvalue weighted by Crippen LogP contribution is -2.21. The minimum Gasteiger partial charge on any atom is -0.475 e. The van der Waals surface area contributed by atoms with Crippen LogP contribution in [0.15, 0.2) is 88.3 Å². The second kappa shape index (κ2) is 9.67. The number of rotatable bonds is 3. The molecule has 3 aromatic carbocycles. The Morgan fingerprint density at radius 2 is 1.76 bits per heavy atom. The molecular formula is C25H15F4N5O3S. The van der Waals surface area contributed by atoms with Crippen LogP contribution in [-0.4, -0.2) is 41.8 Å². The van der Waals surface area contributed by atoms with Gasteiger partial charge in [-0.2, -0.15) is 13.2 Å². The number of benzene rings is 3. The molecule has 192 valence electrons. The van der Waals surface area contributed by atoms with Crippen molar-refractivity contribution in [3.05, 3.63) is 89.6 Å². The number of aromatic amines is 2. The summed E-state index contributed by atoms with van der Waals surface area (Å²) in [4.78, 5) is 37.3. The molecule has 0 spiro atoms. The zero-order chi connectivity index (χ0) is 27.0. The summed E-state index contributed by atoms with van der Waals surface area (Å²) in [5.74, 6) is -3.14.